The number of benzene rings is 3. The molecular weight excluding hydrogens is 514 g/mol. The normalized spacial score (nSPS) is 19.1. The molecule has 0 spiro atoms. The molecule has 4 aromatic rings. The van der Waals surface area contributed by atoms with Crippen molar-refractivity contribution >= 4 is 5.97 Å². The number of halogens is 4. The van der Waals surface area contributed by atoms with Crippen LogP contribution in [0, 0.1) is 18.7 Å². The predicted molar refractivity (Wildman–Crippen MR) is 134 cm³/mol. The minimum atomic E-state index is -4.79. The predicted octanol–water partition coefficient (Wildman–Crippen LogP) is 6.72. The van der Waals surface area contributed by atoms with Gasteiger partial charge in [0.05, 0.1) is 11.5 Å². The standard InChI is InChI=1S/C29H23F4N3O3/c1-15-9-17(7-8-22(15)23-3-2-4-24(25(23)30)29(31,32)33)27-34-26(35-39-27)16-5-6-18-13-36(14-20(18)10-16)21-11-19(12-21)28(37)38/h2-10,19,21H,11-14H2,1H3,(H,37,38)/t19-,21-. The van der Waals surface area contributed by atoms with Crippen LogP contribution < -0.4 is 0 Å². The summed E-state index contributed by atoms with van der Waals surface area (Å²) in [6.45, 7) is 3.20. The van der Waals surface area contributed by atoms with Gasteiger partial charge in [-0.2, -0.15) is 18.2 Å². The van der Waals surface area contributed by atoms with Crippen molar-refractivity contribution in [1.82, 2.24) is 15.0 Å². The first-order valence-corrected chi connectivity index (χ1v) is 12.5. The van der Waals surface area contributed by atoms with Crippen LogP contribution in [-0.2, 0) is 24.1 Å². The third kappa shape index (κ3) is 4.58. The molecule has 2 heterocycles. The molecule has 1 aliphatic heterocycles. The molecule has 1 aliphatic carbocycles. The molecule has 1 N–H and O–H groups in total. The molecule has 1 aromatic heterocycles. The molecule has 2 aliphatic rings. The van der Waals surface area contributed by atoms with Crippen molar-refractivity contribution in [2.24, 2.45) is 5.92 Å². The van der Waals surface area contributed by atoms with E-state index in [1.54, 1.807) is 25.1 Å². The van der Waals surface area contributed by atoms with Gasteiger partial charge in [0.2, 0.25) is 5.82 Å². The SMILES string of the molecule is Cc1cc(-c2nc(-c3ccc4c(c3)CN([C@H]3C[C@H](C(=O)O)C3)C4)no2)ccc1-c1cccc(C(F)(F)F)c1F. The van der Waals surface area contributed by atoms with E-state index in [0.717, 1.165) is 30.3 Å². The van der Waals surface area contributed by atoms with Crippen LogP contribution in [0.4, 0.5) is 17.6 Å². The van der Waals surface area contributed by atoms with Crippen LogP contribution in [0.25, 0.3) is 34.0 Å². The van der Waals surface area contributed by atoms with Gasteiger partial charge in [-0.1, -0.05) is 35.5 Å². The summed E-state index contributed by atoms with van der Waals surface area (Å²) in [5.41, 5.74) is 3.13. The quantitative estimate of drug-likeness (QED) is 0.285. The summed E-state index contributed by atoms with van der Waals surface area (Å²) in [5, 5.41) is 13.3. The van der Waals surface area contributed by atoms with E-state index in [1.165, 1.54) is 17.7 Å². The number of fused-ring (bicyclic) bond motifs is 1. The fourth-order valence-corrected chi connectivity index (χ4v) is 5.42. The number of hydrogen-bond donors (Lipinski definition) is 1. The molecule has 0 amide bonds. The highest BCUT2D eigenvalue weighted by molar-refractivity contribution is 5.73. The monoisotopic (exact) mass is 537 g/mol. The highest BCUT2D eigenvalue weighted by Gasteiger charge is 2.40. The molecule has 0 bridgehead atoms. The first-order valence-electron chi connectivity index (χ1n) is 12.5. The maximum absolute atomic E-state index is 14.7. The lowest BCUT2D eigenvalue weighted by Gasteiger charge is -2.39. The maximum atomic E-state index is 14.7. The van der Waals surface area contributed by atoms with Crippen molar-refractivity contribution in [2.75, 3.05) is 0 Å². The van der Waals surface area contributed by atoms with Gasteiger partial charge >= 0.3 is 12.1 Å². The summed E-state index contributed by atoms with van der Waals surface area (Å²) in [5.74, 6) is -1.67. The second-order valence-corrected chi connectivity index (χ2v) is 10.2. The maximum Gasteiger partial charge on any atom is 0.419 e. The Kier molecular flexibility index (Phi) is 6.02. The number of carboxylic acid groups (broad SMARTS) is 1. The highest BCUT2D eigenvalue weighted by Crippen LogP contribution is 2.39. The van der Waals surface area contributed by atoms with Crippen LogP contribution in [0.2, 0.25) is 0 Å². The smallest absolute Gasteiger partial charge is 0.419 e. The minimum absolute atomic E-state index is 0.132. The Balaban J connectivity index is 1.21. The molecule has 0 atom stereocenters. The largest absolute Gasteiger partial charge is 0.481 e. The lowest BCUT2D eigenvalue weighted by molar-refractivity contribution is -0.147. The van der Waals surface area contributed by atoms with Gasteiger partial charge in [0.25, 0.3) is 5.89 Å². The lowest BCUT2D eigenvalue weighted by Crippen LogP contribution is -2.44. The van der Waals surface area contributed by atoms with E-state index in [9.17, 15) is 22.4 Å². The number of hydrogen-bond acceptors (Lipinski definition) is 5. The van der Waals surface area contributed by atoms with Crippen molar-refractivity contribution < 1.29 is 32.0 Å². The Morgan fingerprint density at radius 2 is 1.74 bits per heavy atom. The third-order valence-corrected chi connectivity index (χ3v) is 7.68. The number of carbonyl (C=O) groups is 1. The van der Waals surface area contributed by atoms with Crippen molar-refractivity contribution in [3.63, 3.8) is 0 Å². The zero-order valence-electron chi connectivity index (χ0n) is 20.8. The molecule has 1 saturated carbocycles. The van der Waals surface area contributed by atoms with Crippen LogP contribution in [0.1, 0.15) is 35.1 Å². The lowest BCUT2D eigenvalue weighted by atomic mass is 9.79. The average molecular weight is 538 g/mol. The third-order valence-electron chi connectivity index (χ3n) is 7.68. The molecule has 1 fully saturated rings. The van der Waals surface area contributed by atoms with Crippen LogP contribution >= 0.6 is 0 Å². The molecule has 39 heavy (non-hydrogen) atoms. The molecule has 0 radical (unpaired) electrons. The Labute approximate surface area is 220 Å². The Hall–Kier alpha value is -4.05. The number of alkyl halides is 3. The second kappa shape index (κ2) is 9.30. The molecule has 6 nitrogen and oxygen atoms in total. The molecule has 10 heteroatoms. The number of aliphatic carboxylic acids is 1. The summed E-state index contributed by atoms with van der Waals surface area (Å²) in [6, 6.07) is 14.3. The van der Waals surface area contributed by atoms with E-state index in [-0.39, 0.29) is 23.4 Å². The number of rotatable bonds is 5. The van der Waals surface area contributed by atoms with Crippen molar-refractivity contribution in [1.29, 1.82) is 0 Å². The molecular formula is C29H23F4N3O3. The average Bonchev–Trinajstić information content (AvgIpc) is 3.49. The highest BCUT2D eigenvalue weighted by atomic mass is 19.4. The van der Waals surface area contributed by atoms with Crippen LogP contribution in [-0.4, -0.2) is 32.2 Å². The van der Waals surface area contributed by atoms with Crippen molar-refractivity contribution in [3.05, 3.63) is 82.7 Å². The Morgan fingerprint density at radius 3 is 2.46 bits per heavy atom. The van der Waals surface area contributed by atoms with Crippen LogP contribution in [0.3, 0.4) is 0 Å². The summed E-state index contributed by atoms with van der Waals surface area (Å²) in [4.78, 5) is 17.9. The van der Waals surface area contributed by atoms with Gasteiger partial charge in [0, 0.05) is 35.8 Å². The first kappa shape index (κ1) is 25.2. The van der Waals surface area contributed by atoms with Gasteiger partial charge in [-0.3, -0.25) is 9.69 Å². The minimum Gasteiger partial charge on any atom is -0.481 e. The zero-order valence-corrected chi connectivity index (χ0v) is 20.8. The van der Waals surface area contributed by atoms with Crippen LogP contribution in [0.5, 0.6) is 0 Å². The van der Waals surface area contributed by atoms with Gasteiger partial charge in [-0.15, -0.1) is 0 Å². The Bertz CT molecular complexity index is 1590. The van der Waals surface area contributed by atoms with Gasteiger partial charge in [-0.05, 0) is 66.3 Å². The fourth-order valence-electron chi connectivity index (χ4n) is 5.42. The summed E-state index contributed by atoms with van der Waals surface area (Å²) < 4.78 is 59.7. The van der Waals surface area contributed by atoms with Crippen molar-refractivity contribution in [3.8, 4) is 34.0 Å². The number of carboxylic acids is 1. The Morgan fingerprint density at radius 1 is 1.00 bits per heavy atom. The summed E-state index contributed by atoms with van der Waals surface area (Å²) >= 11 is 0. The molecule has 0 saturated heterocycles. The van der Waals surface area contributed by atoms with Gasteiger partial charge in [-0.25, -0.2) is 4.39 Å². The second-order valence-electron chi connectivity index (χ2n) is 10.2. The molecule has 6 rings (SSSR count). The first-order chi connectivity index (χ1) is 18.6. The summed E-state index contributed by atoms with van der Waals surface area (Å²) in [6.07, 6.45) is -3.45. The number of nitrogens with zero attached hydrogens (tertiary/aromatic N) is 3. The van der Waals surface area contributed by atoms with E-state index in [4.69, 9.17) is 9.63 Å². The van der Waals surface area contributed by atoms with Gasteiger partial charge < -0.3 is 9.63 Å². The van der Waals surface area contributed by atoms with Crippen molar-refractivity contribution in [2.45, 2.75) is 45.1 Å². The van der Waals surface area contributed by atoms with E-state index in [2.05, 4.69) is 15.0 Å². The van der Waals surface area contributed by atoms with E-state index < -0.39 is 23.5 Å². The van der Waals surface area contributed by atoms with Gasteiger partial charge in [0.1, 0.15) is 5.82 Å². The fraction of sp³-hybridized carbons (Fsp3) is 0.276. The van der Waals surface area contributed by atoms with Crippen LogP contribution in [0.15, 0.2) is 59.1 Å². The van der Waals surface area contributed by atoms with E-state index >= 15 is 0 Å². The van der Waals surface area contributed by atoms with Gasteiger partial charge in [0.15, 0.2) is 0 Å². The topological polar surface area (TPSA) is 79.5 Å². The number of aromatic nitrogens is 2. The molecule has 200 valence electrons. The number of aryl methyl sites for hydroxylation is 1. The van der Waals surface area contributed by atoms with E-state index in [0.29, 0.717) is 35.4 Å². The zero-order chi connectivity index (χ0) is 27.5. The molecule has 3 aromatic carbocycles. The molecule has 0 unspecified atom stereocenters. The summed E-state index contributed by atoms with van der Waals surface area (Å²) in [7, 11) is 0. The van der Waals surface area contributed by atoms with E-state index in [1.807, 2.05) is 18.2 Å².